The van der Waals surface area contributed by atoms with Crippen LogP contribution in [0.2, 0.25) is 5.02 Å². The van der Waals surface area contributed by atoms with Gasteiger partial charge in [-0.25, -0.2) is 0 Å². The maximum atomic E-state index is 12.6. The van der Waals surface area contributed by atoms with Gasteiger partial charge in [0.05, 0.1) is 0 Å². The van der Waals surface area contributed by atoms with E-state index >= 15 is 0 Å². The van der Waals surface area contributed by atoms with Crippen LogP contribution in [0.5, 0.6) is 0 Å². The topological polar surface area (TPSA) is 68.3 Å². The molecule has 0 saturated carbocycles. The van der Waals surface area contributed by atoms with Gasteiger partial charge in [0, 0.05) is 33.2 Å². The van der Waals surface area contributed by atoms with Crippen molar-refractivity contribution in [3.63, 3.8) is 0 Å². The zero-order chi connectivity index (χ0) is 18.4. The number of fused-ring (bicyclic) bond motifs is 1. The Morgan fingerprint density at radius 1 is 1.12 bits per heavy atom. The average molecular weight is 389 g/mol. The molecule has 136 valence electrons. The number of amides is 1. The summed E-state index contributed by atoms with van der Waals surface area (Å²) in [7, 11) is 0. The van der Waals surface area contributed by atoms with Gasteiger partial charge in [0.25, 0.3) is 5.91 Å². The van der Waals surface area contributed by atoms with Crippen LogP contribution in [0.3, 0.4) is 0 Å². The fraction of sp³-hybridized carbons (Fsp3) is 0.250. The Bertz CT molecular complexity index is 877. The Balaban J connectivity index is 1.80. The number of nitrogens with one attached hydrogen (secondary N) is 1. The number of carbonyl (C=O) groups is 1. The fourth-order valence-electron chi connectivity index (χ4n) is 2.66. The van der Waals surface area contributed by atoms with E-state index in [2.05, 4.69) is 5.32 Å². The Morgan fingerprint density at radius 3 is 2.65 bits per heavy atom. The van der Waals surface area contributed by atoms with E-state index in [0.717, 1.165) is 34.3 Å². The van der Waals surface area contributed by atoms with Crippen molar-refractivity contribution in [2.45, 2.75) is 23.5 Å². The largest absolute Gasteiger partial charge is 0.451 e. The van der Waals surface area contributed by atoms with E-state index in [0.29, 0.717) is 29.6 Å². The molecular weight excluding hydrogens is 368 g/mol. The number of hydrogen-bond acceptors (Lipinski definition) is 4. The van der Waals surface area contributed by atoms with Crippen molar-refractivity contribution >= 4 is 40.2 Å². The second-order valence-electron chi connectivity index (χ2n) is 5.90. The lowest BCUT2D eigenvalue weighted by Crippen LogP contribution is -2.25. The molecule has 3 aromatic rings. The standard InChI is InChI=1S/C20H21ClN2O2S/c21-14-7-9-15(10-8-14)26-13-17-16-5-1-2-6-18(16)25-19(17)20(24)23-12-4-3-11-22/h1-2,5-10H,3-4,11-13,22H2,(H,23,24). The minimum atomic E-state index is -0.176. The van der Waals surface area contributed by atoms with Gasteiger partial charge in [0.1, 0.15) is 5.58 Å². The molecule has 1 heterocycles. The third-order valence-corrected chi connectivity index (χ3v) is 5.31. The van der Waals surface area contributed by atoms with E-state index in [4.69, 9.17) is 21.8 Å². The van der Waals surface area contributed by atoms with Crippen LogP contribution in [-0.4, -0.2) is 19.0 Å². The molecule has 0 bridgehead atoms. The van der Waals surface area contributed by atoms with E-state index in [1.807, 2.05) is 48.5 Å². The number of furan rings is 1. The van der Waals surface area contributed by atoms with Gasteiger partial charge in [0.15, 0.2) is 5.76 Å². The number of carbonyl (C=O) groups excluding carboxylic acids is 1. The van der Waals surface area contributed by atoms with Gasteiger partial charge in [-0.15, -0.1) is 11.8 Å². The summed E-state index contributed by atoms with van der Waals surface area (Å²) < 4.78 is 5.85. The number of hydrogen-bond donors (Lipinski definition) is 2. The van der Waals surface area contributed by atoms with E-state index in [1.165, 1.54) is 0 Å². The van der Waals surface area contributed by atoms with Crippen molar-refractivity contribution in [3.05, 3.63) is 64.9 Å². The summed E-state index contributed by atoms with van der Waals surface area (Å²) in [6.07, 6.45) is 1.75. The monoisotopic (exact) mass is 388 g/mol. The second kappa shape index (κ2) is 9.12. The molecule has 26 heavy (non-hydrogen) atoms. The van der Waals surface area contributed by atoms with Crippen molar-refractivity contribution in [1.82, 2.24) is 5.32 Å². The second-order valence-corrected chi connectivity index (χ2v) is 7.39. The van der Waals surface area contributed by atoms with E-state index in [1.54, 1.807) is 11.8 Å². The van der Waals surface area contributed by atoms with Gasteiger partial charge in [-0.3, -0.25) is 4.79 Å². The highest BCUT2D eigenvalue weighted by Crippen LogP contribution is 2.32. The first kappa shape index (κ1) is 18.8. The average Bonchev–Trinajstić information content (AvgIpc) is 3.03. The fourth-order valence-corrected chi connectivity index (χ4v) is 3.72. The van der Waals surface area contributed by atoms with Crippen LogP contribution >= 0.6 is 23.4 Å². The first-order chi connectivity index (χ1) is 12.7. The smallest absolute Gasteiger partial charge is 0.287 e. The van der Waals surface area contributed by atoms with Crippen LogP contribution < -0.4 is 11.1 Å². The molecule has 3 N–H and O–H groups in total. The number of nitrogens with two attached hydrogens (primary N) is 1. The molecule has 0 saturated heterocycles. The SMILES string of the molecule is NCCCCNC(=O)c1oc2ccccc2c1CSc1ccc(Cl)cc1. The first-order valence-corrected chi connectivity index (χ1v) is 9.92. The number of para-hydroxylation sites is 1. The number of halogens is 1. The van der Waals surface area contributed by atoms with Gasteiger partial charge < -0.3 is 15.5 Å². The minimum absolute atomic E-state index is 0.176. The van der Waals surface area contributed by atoms with Gasteiger partial charge in [0.2, 0.25) is 0 Å². The Kier molecular flexibility index (Phi) is 6.61. The lowest BCUT2D eigenvalue weighted by Gasteiger charge is -2.06. The van der Waals surface area contributed by atoms with E-state index in [-0.39, 0.29) is 5.91 Å². The molecule has 0 aliphatic heterocycles. The van der Waals surface area contributed by atoms with Crippen molar-refractivity contribution < 1.29 is 9.21 Å². The van der Waals surface area contributed by atoms with Gasteiger partial charge >= 0.3 is 0 Å². The summed E-state index contributed by atoms with van der Waals surface area (Å²) in [6, 6.07) is 15.4. The maximum Gasteiger partial charge on any atom is 0.287 e. The Morgan fingerprint density at radius 2 is 1.88 bits per heavy atom. The number of benzene rings is 2. The van der Waals surface area contributed by atoms with Crippen LogP contribution in [0, 0.1) is 0 Å². The number of rotatable bonds is 8. The minimum Gasteiger partial charge on any atom is -0.451 e. The van der Waals surface area contributed by atoms with Crippen LogP contribution in [0.25, 0.3) is 11.0 Å². The molecule has 4 nitrogen and oxygen atoms in total. The number of thioether (sulfide) groups is 1. The molecule has 2 aromatic carbocycles. The lowest BCUT2D eigenvalue weighted by atomic mass is 10.1. The summed E-state index contributed by atoms with van der Waals surface area (Å²) >= 11 is 7.59. The van der Waals surface area contributed by atoms with E-state index < -0.39 is 0 Å². The van der Waals surface area contributed by atoms with Crippen molar-refractivity contribution in [2.75, 3.05) is 13.1 Å². The molecule has 0 aliphatic carbocycles. The predicted octanol–water partition coefficient (Wildman–Crippen LogP) is 4.85. The quantitative estimate of drug-likeness (QED) is 0.427. The molecular formula is C20H21ClN2O2S. The highest BCUT2D eigenvalue weighted by atomic mass is 35.5. The van der Waals surface area contributed by atoms with Gasteiger partial charge in [-0.05, 0) is 49.7 Å². The molecule has 1 amide bonds. The molecule has 0 atom stereocenters. The molecule has 3 rings (SSSR count). The predicted molar refractivity (Wildman–Crippen MR) is 108 cm³/mol. The highest BCUT2D eigenvalue weighted by molar-refractivity contribution is 7.98. The maximum absolute atomic E-state index is 12.6. The third kappa shape index (κ3) is 4.61. The summed E-state index contributed by atoms with van der Waals surface area (Å²) in [5, 5.41) is 4.61. The highest BCUT2D eigenvalue weighted by Gasteiger charge is 2.20. The van der Waals surface area contributed by atoms with Crippen molar-refractivity contribution in [1.29, 1.82) is 0 Å². The van der Waals surface area contributed by atoms with Crippen LogP contribution in [0.1, 0.15) is 29.0 Å². The molecule has 0 radical (unpaired) electrons. The Labute approximate surface area is 162 Å². The third-order valence-electron chi connectivity index (χ3n) is 4.02. The van der Waals surface area contributed by atoms with Gasteiger partial charge in [-0.1, -0.05) is 29.8 Å². The van der Waals surface area contributed by atoms with Crippen LogP contribution in [0.4, 0.5) is 0 Å². The number of unbranched alkanes of at least 4 members (excludes halogenated alkanes) is 1. The molecule has 6 heteroatoms. The zero-order valence-corrected chi connectivity index (χ0v) is 15.9. The van der Waals surface area contributed by atoms with Crippen molar-refractivity contribution in [2.24, 2.45) is 5.73 Å². The molecule has 1 aromatic heterocycles. The van der Waals surface area contributed by atoms with Gasteiger partial charge in [-0.2, -0.15) is 0 Å². The normalized spacial score (nSPS) is 11.0. The summed E-state index contributed by atoms with van der Waals surface area (Å²) in [4.78, 5) is 13.7. The molecule has 0 unspecified atom stereocenters. The summed E-state index contributed by atoms with van der Waals surface area (Å²) in [5.41, 5.74) is 7.14. The lowest BCUT2D eigenvalue weighted by molar-refractivity contribution is 0.0926. The first-order valence-electron chi connectivity index (χ1n) is 8.56. The van der Waals surface area contributed by atoms with E-state index in [9.17, 15) is 4.79 Å². The summed E-state index contributed by atoms with van der Waals surface area (Å²) in [5.74, 6) is 0.856. The zero-order valence-electron chi connectivity index (χ0n) is 14.3. The Hall–Kier alpha value is -1.95. The van der Waals surface area contributed by atoms with Crippen LogP contribution in [-0.2, 0) is 5.75 Å². The summed E-state index contributed by atoms with van der Waals surface area (Å²) in [6.45, 7) is 1.22. The van der Waals surface area contributed by atoms with Crippen molar-refractivity contribution in [3.8, 4) is 0 Å². The van der Waals surface area contributed by atoms with Crippen LogP contribution in [0.15, 0.2) is 57.8 Å². The molecule has 0 aliphatic rings. The molecule has 0 spiro atoms. The molecule has 0 fully saturated rings.